The molecule has 0 unspecified atom stereocenters. The van der Waals surface area contributed by atoms with E-state index in [0.29, 0.717) is 5.69 Å². The normalized spacial score (nSPS) is 14.9. The van der Waals surface area contributed by atoms with E-state index < -0.39 is 22.9 Å². The van der Waals surface area contributed by atoms with Gasteiger partial charge >= 0.3 is 5.97 Å². The Morgan fingerprint density at radius 3 is 2.71 bits per heavy atom. The summed E-state index contributed by atoms with van der Waals surface area (Å²) in [6.45, 7) is 4.51. The van der Waals surface area contributed by atoms with Crippen molar-refractivity contribution < 1.29 is 18.4 Å². The van der Waals surface area contributed by atoms with Crippen LogP contribution in [0.2, 0.25) is 0 Å². The van der Waals surface area contributed by atoms with Crippen LogP contribution in [-0.4, -0.2) is 43.5 Å². The topological polar surface area (TPSA) is 63.6 Å². The fraction of sp³-hybridized carbons (Fsp3) is 0.375. The van der Waals surface area contributed by atoms with Crippen molar-refractivity contribution in [3.8, 4) is 0 Å². The van der Waals surface area contributed by atoms with Gasteiger partial charge in [0, 0.05) is 37.3 Å². The monoisotopic (exact) mass is 337 g/mol. The smallest absolute Gasteiger partial charge is 0.346 e. The van der Waals surface area contributed by atoms with Gasteiger partial charge in [0.15, 0.2) is 5.56 Å². The maximum absolute atomic E-state index is 14.4. The Labute approximate surface area is 136 Å². The van der Waals surface area contributed by atoms with Crippen molar-refractivity contribution >= 4 is 22.6 Å². The highest BCUT2D eigenvalue weighted by molar-refractivity contribution is 5.94. The van der Waals surface area contributed by atoms with Crippen molar-refractivity contribution in [3.63, 3.8) is 0 Å². The number of benzene rings is 1. The van der Waals surface area contributed by atoms with Gasteiger partial charge in [-0.3, -0.25) is 4.79 Å². The quantitative estimate of drug-likeness (QED) is 0.679. The van der Waals surface area contributed by atoms with E-state index >= 15 is 0 Å². The van der Waals surface area contributed by atoms with Crippen molar-refractivity contribution in [1.29, 1.82) is 0 Å². The Morgan fingerprint density at radius 2 is 2.04 bits per heavy atom. The van der Waals surface area contributed by atoms with E-state index in [1.54, 1.807) is 6.07 Å². The maximum Gasteiger partial charge on any atom is 0.346 e. The van der Waals surface area contributed by atoms with E-state index in [4.69, 9.17) is 0 Å². The lowest BCUT2D eigenvalue weighted by atomic mass is 10.1. The number of ether oxygens (including phenoxy) is 1. The van der Waals surface area contributed by atoms with Crippen LogP contribution in [0.25, 0.3) is 10.9 Å². The summed E-state index contributed by atoms with van der Waals surface area (Å²) < 4.78 is 33.2. The molecule has 6 nitrogen and oxygen atoms in total. The molecule has 1 N–H and O–H groups in total. The van der Waals surface area contributed by atoms with E-state index in [0.717, 1.165) is 26.2 Å². The Balaban J connectivity index is 2.14. The first-order valence-electron chi connectivity index (χ1n) is 7.71. The lowest BCUT2D eigenvalue weighted by molar-refractivity contribution is 0.0514. The standard InChI is InChI=1S/C16H17F2N3O3/c1-2-24-16(23)13-14(22)11-4-3-10(20-7-5-19-6-8-20)9-12(11)21(18)15(13)17/h3-4,9,19H,2,5-8H2,1H3. The molecule has 0 radical (unpaired) electrons. The largest absolute Gasteiger partial charge is 0.462 e. The zero-order chi connectivity index (χ0) is 17.3. The number of halogens is 2. The number of pyridine rings is 1. The highest BCUT2D eigenvalue weighted by Crippen LogP contribution is 2.23. The number of rotatable bonds is 3. The number of hydrogen-bond acceptors (Lipinski definition) is 5. The number of nitrogens with one attached hydrogen (secondary N) is 1. The van der Waals surface area contributed by atoms with Crippen LogP contribution in [-0.2, 0) is 4.74 Å². The van der Waals surface area contributed by atoms with E-state index in [-0.39, 0.29) is 22.3 Å². The predicted octanol–water partition coefficient (Wildman–Crippen LogP) is 1.46. The number of nitrogens with zero attached hydrogens (tertiary/aromatic N) is 2. The first kappa shape index (κ1) is 16.4. The number of carbonyl (C=O) groups is 1. The Bertz CT molecular complexity index is 845. The van der Waals surface area contributed by atoms with Crippen LogP contribution < -0.4 is 15.6 Å². The van der Waals surface area contributed by atoms with Gasteiger partial charge in [-0.25, -0.2) is 4.79 Å². The Kier molecular flexibility index (Phi) is 4.48. The second kappa shape index (κ2) is 6.56. The van der Waals surface area contributed by atoms with Crippen LogP contribution in [0.3, 0.4) is 0 Å². The van der Waals surface area contributed by atoms with E-state index in [1.807, 2.05) is 4.90 Å². The summed E-state index contributed by atoms with van der Waals surface area (Å²) in [6, 6.07) is 4.50. The van der Waals surface area contributed by atoms with Crippen LogP contribution in [0, 0.1) is 5.95 Å². The minimum Gasteiger partial charge on any atom is -0.462 e. The van der Waals surface area contributed by atoms with Gasteiger partial charge in [0.2, 0.25) is 11.4 Å². The molecule has 24 heavy (non-hydrogen) atoms. The van der Waals surface area contributed by atoms with Crippen LogP contribution >= 0.6 is 0 Å². The molecule has 128 valence electrons. The molecule has 3 rings (SSSR count). The summed E-state index contributed by atoms with van der Waals surface area (Å²) in [6.07, 6.45) is 0. The average Bonchev–Trinajstić information content (AvgIpc) is 2.60. The number of esters is 1. The molecule has 2 heterocycles. The van der Waals surface area contributed by atoms with Crippen LogP contribution in [0.4, 0.5) is 14.6 Å². The third-order valence-corrected chi connectivity index (χ3v) is 4.00. The van der Waals surface area contributed by atoms with E-state index in [2.05, 4.69) is 10.1 Å². The molecule has 0 bridgehead atoms. The summed E-state index contributed by atoms with van der Waals surface area (Å²) >= 11 is 0. The molecule has 0 aliphatic carbocycles. The fourth-order valence-electron chi connectivity index (χ4n) is 2.81. The summed E-state index contributed by atoms with van der Waals surface area (Å²) in [5, 5.41) is 3.13. The first-order valence-corrected chi connectivity index (χ1v) is 7.71. The van der Waals surface area contributed by atoms with Gasteiger partial charge in [0.05, 0.1) is 12.1 Å². The molecular weight excluding hydrogens is 320 g/mol. The van der Waals surface area contributed by atoms with Crippen LogP contribution in [0.5, 0.6) is 0 Å². The number of piperazine rings is 1. The molecule has 1 fully saturated rings. The summed E-state index contributed by atoms with van der Waals surface area (Å²) in [4.78, 5) is 25.8. The molecule has 1 aliphatic rings. The third kappa shape index (κ3) is 2.73. The molecule has 1 aromatic carbocycles. The number of fused-ring (bicyclic) bond motifs is 1. The second-order valence-electron chi connectivity index (χ2n) is 5.43. The number of anilines is 1. The molecule has 0 amide bonds. The maximum atomic E-state index is 14.4. The number of carbonyl (C=O) groups excluding carboxylic acids is 1. The van der Waals surface area contributed by atoms with Crippen molar-refractivity contribution in [2.45, 2.75) is 6.92 Å². The molecule has 8 heteroatoms. The van der Waals surface area contributed by atoms with Crippen molar-refractivity contribution in [2.24, 2.45) is 0 Å². The van der Waals surface area contributed by atoms with Gasteiger partial charge < -0.3 is 15.0 Å². The zero-order valence-corrected chi connectivity index (χ0v) is 13.1. The Hall–Kier alpha value is -2.48. The Morgan fingerprint density at radius 1 is 1.33 bits per heavy atom. The molecule has 0 spiro atoms. The summed E-state index contributed by atoms with van der Waals surface area (Å²) in [7, 11) is 0. The molecule has 1 saturated heterocycles. The van der Waals surface area contributed by atoms with Crippen LogP contribution in [0.15, 0.2) is 23.0 Å². The van der Waals surface area contributed by atoms with Crippen molar-refractivity contribution in [2.75, 3.05) is 37.7 Å². The van der Waals surface area contributed by atoms with Gasteiger partial charge in [-0.15, -0.1) is 4.79 Å². The molecule has 0 saturated carbocycles. The predicted molar refractivity (Wildman–Crippen MR) is 85.7 cm³/mol. The third-order valence-electron chi connectivity index (χ3n) is 4.00. The fourth-order valence-corrected chi connectivity index (χ4v) is 2.81. The summed E-state index contributed by atoms with van der Waals surface area (Å²) in [5.41, 5.74) is -1.30. The van der Waals surface area contributed by atoms with Crippen molar-refractivity contribution in [1.82, 2.24) is 10.1 Å². The van der Waals surface area contributed by atoms with E-state index in [9.17, 15) is 18.5 Å². The van der Waals surface area contributed by atoms with Gasteiger partial charge in [-0.05, 0) is 25.1 Å². The SMILES string of the molecule is CCOC(=O)c1c(F)n(F)c2cc(N3CCNCC3)ccc2c1=O. The van der Waals surface area contributed by atoms with Gasteiger partial charge in [-0.2, -0.15) is 4.39 Å². The number of aromatic nitrogens is 1. The molecule has 2 aromatic rings. The summed E-state index contributed by atoms with van der Waals surface area (Å²) in [5.74, 6) is -2.71. The van der Waals surface area contributed by atoms with Gasteiger partial charge in [-0.1, -0.05) is 4.48 Å². The van der Waals surface area contributed by atoms with Gasteiger partial charge in [0.1, 0.15) is 0 Å². The van der Waals surface area contributed by atoms with E-state index in [1.165, 1.54) is 19.1 Å². The molecule has 1 aliphatic heterocycles. The molecular formula is C16H17F2N3O3. The highest BCUT2D eigenvalue weighted by Gasteiger charge is 2.25. The van der Waals surface area contributed by atoms with Crippen LogP contribution in [0.1, 0.15) is 17.3 Å². The average molecular weight is 337 g/mol. The molecule has 1 aromatic heterocycles. The zero-order valence-electron chi connectivity index (χ0n) is 13.1. The lowest BCUT2D eigenvalue weighted by Gasteiger charge is -2.29. The van der Waals surface area contributed by atoms with Gasteiger partial charge in [0.25, 0.3) is 0 Å². The minimum atomic E-state index is -1.54. The van der Waals surface area contributed by atoms with Crippen molar-refractivity contribution in [3.05, 3.63) is 39.9 Å². The number of hydrogen-bond donors (Lipinski definition) is 1. The molecule has 0 atom stereocenters. The first-order chi connectivity index (χ1) is 11.5. The minimum absolute atomic E-state index is 0.0377. The highest BCUT2D eigenvalue weighted by atomic mass is 19.2. The second-order valence-corrected chi connectivity index (χ2v) is 5.43. The lowest BCUT2D eigenvalue weighted by Crippen LogP contribution is -2.43.